The summed E-state index contributed by atoms with van der Waals surface area (Å²) in [4.78, 5) is 0. The summed E-state index contributed by atoms with van der Waals surface area (Å²) in [7, 11) is 0. The minimum atomic E-state index is -0.807. The Balaban J connectivity index is 0.000000261. The Morgan fingerprint density at radius 1 is 0.719 bits per heavy atom. The van der Waals surface area contributed by atoms with Gasteiger partial charge >= 0.3 is 41.3 Å². The zero-order valence-electron chi connectivity index (χ0n) is 17.7. The average Bonchev–Trinajstić information content (AvgIpc) is 3.38. The Morgan fingerprint density at radius 3 is 1.75 bits per heavy atom. The number of hydrogen-bond donors (Lipinski definition) is 0. The smallest absolute Gasteiger partial charge is 0.149 e. The van der Waals surface area contributed by atoms with Gasteiger partial charge in [-0.2, -0.15) is 18.2 Å². The Bertz CT molecular complexity index is 1200. The van der Waals surface area contributed by atoms with Gasteiger partial charge in [0, 0.05) is 0 Å². The first kappa shape index (κ1) is 28.1. The molecule has 0 bridgehead atoms. The fraction of sp³-hybridized carbons (Fsp3) is 0.0741. The van der Waals surface area contributed by atoms with Crippen molar-refractivity contribution < 1.29 is 57.8 Å². The van der Waals surface area contributed by atoms with E-state index in [1.807, 2.05) is 0 Å². The third-order valence-corrected chi connectivity index (χ3v) is 4.45. The maximum atomic E-state index is 13.2. The molecule has 0 unspecified atom stereocenters. The van der Waals surface area contributed by atoms with Crippen LogP contribution in [-0.2, 0) is 24.2 Å². The van der Waals surface area contributed by atoms with Gasteiger partial charge in [0.1, 0.15) is 11.6 Å². The van der Waals surface area contributed by atoms with Gasteiger partial charge in [-0.3, -0.25) is 0 Å². The molecule has 0 aliphatic carbocycles. The second-order valence-corrected chi connectivity index (χ2v) is 9.55. The summed E-state index contributed by atoms with van der Waals surface area (Å²) in [6, 6.07) is 30.5. The van der Waals surface area contributed by atoms with Crippen molar-refractivity contribution in [3.63, 3.8) is 0 Å². The molecule has 0 saturated heterocycles. The van der Waals surface area contributed by atoms with Crippen LogP contribution in [0, 0.1) is 11.6 Å². The van der Waals surface area contributed by atoms with Crippen molar-refractivity contribution in [2.45, 2.75) is 13.8 Å². The largest absolute Gasteiger partial charge is 1.00 e. The van der Waals surface area contributed by atoms with E-state index in [2.05, 4.69) is 68.4 Å². The summed E-state index contributed by atoms with van der Waals surface area (Å²) >= 11 is 1.55. The molecule has 5 aromatic carbocycles. The summed E-state index contributed by atoms with van der Waals surface area (Å²) in [5.41, 5.74) is 1.02. The summed E-state index contributed by atoms with van der Waals surface area (Å²) in [5, 5.41) is 5.39. The Morgan fingerprint density at radius 2 is 1.25 bits per heavy atom. The molecule has 5 rings (SSSR count). The molecule has 32 heavy (non-hydrogen) atoms. The maximum absolute atomic E-state index is 13.2. The molecule has 0 spiro atoms. The van der Waals surface area contributed by atoms with Crippen molar-refractivity contribution >= 4 is 24.8 Å². The predicted molar refractivity (Wildman–Crippen MR) is 121 cm³/mol. The Kier molecular flexibility index (Phi) is 11.9. The molecule has 0 N–H and O–H groups in total. The van der Waals surface area contributed by atoms with E-state index < -0.39 is 11.6 Å². The molecule has 164 valence electrons. The maximum Gasteiger partial charge on any atom is 0.149 e. The van der Waals surface area contributed by atoms with Crippen LogP contribution in [0.2, 0.25) is 0 Å². The summed E-state index contributed by atoms with van der Waals surface area (Å²) < 4.78 is 27.5. The number of hydrogen-bond acceptors (Lipinski definition) is 0. The normalized spacial score (nSPS) is 9.56. The molecule has 5 aromatic rings. The zero-order chi connectivity index (χ0) is 21.5. The molecule has 0 fully saturated rings. The van der Waals surface area contributed by atoms with Crippen LogP contribution < -0.4 is 24.8 Å². The topological polar surface area (TPSA) is 0 Å². The van der Waals surface area contributed by atoms with Gasteiger partial charge in [0.15, 0.2) is 0 Å². The van der Waals surface area contributed by atoms with Gasteiger partial charge in [-0.05, 0) is 6.07 Å². The van der Waals surface area contributed by atoms with Crippen molar-refractivity contribution in [1.82, 2.24) is 0 Å². The van der Waals surface area contributed by atoms with E-state index >= 15 is 0 Å². The van der Waals surface area contributed by atoms with E-state index in [0.717, 1.165) is 6.07 Å². The standard InChI is InChI=1S/C13H9.C11H7F2.C3H6.2ClH.Zr/c1-3-7-12-10(5-1)9-11-6-2-4-8-13(11)12;12-10-7-3-6-9(11(10)13)8-4-1-2-5-8;1-3-2;;;/h1-9H;1-7H;1-2H3;2*1H;/q2*-1;;;;+2/p-2. The summed E-state index contributed by atoms with van der Waals surface area (Å²) in [6.45, 7) is 4.25. The fourth-order valence-corrected chi connectivity index (χ4v) is 3.18. The van der Waals surface area contributed by atoms with Crippen LogP contribution in [0.25, 0.3) is 32.7 Å². The van der Waals surface area contributed by atoms with Crippen LogP contribution in [0.3, 0.4) is 0 Å². The SMILES string of the molecule is C[C](C)=[Zr+2].Fc1cccc(-c2ccc[cH-]2)c1F.[Cl-].[Cl-].c1ccc2c(c1)[cH-]c1ccccc12. The second kappa shape index (κ2) is 13.6. The van der Waals surface area contributed by atoms with Gasteiger partial charge in [0.2, 0.25) is 0 Å². The van der Waals surface area contributed by atoms with E-state index in [0.29, 0.717) is 11.1 Å². The van der Waals surface area contributed by atoms with Gasteiger partial charge in [-0.15, -0.1) is 51.4 Å². The molecule has 5 heteroatoms. The zero-order valence-corrected chi connectivity index (χ0v) is 21.7. The molecule has 0 nitrogen and oxygen atoms in total. The van der Waals surface area contributed by atoms with Crippen LogP contribution in [0.4, 0.5) is 8.78 Å². The summed E-state index contributed by atoms with van der Waals surface area (Å²) in [6.07, 6.45) is 0. The quantitative estimate of drug-likeness (QED) is 0.282. The molecule has 0 amide bonds. The van der Waals surface area contributed by atoms with Crippen LogP contribution in [0.15, 0.2) is 97.1 Å². The van der Waals surface area contributed by atoms with Gasteiger partial charge in [0.05, 0.1) is 0 Å². The van der Waals surface area contributed by atoms with Crippen molar-refractivity contribution in [3.05, 3.63) is 109 Å². The molecule has 0 heterocycles. The first-order chi connectivity index (χ1) is 14.5. The van der Waals surface area contributed by atoms with E-state index in [4.69, 9.17) is 0 Å². The van der Waals surface area contributed by atoms with Gasteiger partial charge in [-0.25, -0.2) is 8.78 Å². The molecular formula is C27H22Cl2F2Zr-2. The van der Waals surface area contributed by atoms with Crippen LogP contribution >= 0.6 is 0 Å². The molecule has 0 atom stereocenters. The molecule has 0 aromatic heterocycles. The third kappa shape index (κ3) is 7.30. The molecule has 0 saturated carbocycles. The monoisotopic (exact) mass is 544 g/mol. The minimum Gasteiger partial charge on any atom is -1.00 e. The second-order valence-electron chi connectivity index (χ2n) is 7.09. The van der Waals surface area contributed by atoms with Gasteiger partial charge in [0.25, 0.3) is 0 Å². The molecule has 0 aliphatic heterocycles. The Labute approximate surface area is 215 Å². The van der Waals surface area contributed by atoms with E-state index in [1.54, 1.807) is 54.6 Å². The van der Waals surface area contributed by atoms with E-state index in [-0.39, 0.29) is 24.8 Å². The Hall–Kier alpha value is -1.93. The number of fused-ring (bicyclic) bond motifs is 3. The fourth-order valence-electron chi connectivity index (χ4n) is 3.18. The molecular weight excluding hydrogens is 524 g/mol. The van der Waals surface area contributed by atoms with Crippen LogP contribution in [0.5, 0.6) is 0 Å². The predicted octanol–water partition coefficient (Wildman–Crippen LogP) is 1.82. The molecule has 0 radical (unpaired) electrons. The first-order valence-electron chi connectivity index (χ1n) is 9.68. The van der Waals surface area contributed by atoms with Crippen molar-refractivity contribution in [1.29, 1.82) is 0 Å². The van der Waals surface area contributed by atoms with Crippen molar-refractivity contribution in [3.8, 4) is 11.1 Å². The van der Waals surface area contributed by atoms with Crippen molar-refractivity contribution in [2.24, 2.45) is 0 Å². The van der Waals surface area contributed by atoms with Gasteiger partial charge < -0.3 is 24.8 Å². The summed E-state index contributed by atoms with van der Waals surface area (Å²) in [5.74, 6) is -1.59. The number of rotatable bonds is 1. The average molecular weight is 547 g/mol. The third-order valence-electron chi connectivity index (χ3n) is 4.45. The first-order valence-corrected chi connectivity index (χ1v) is 10.9. The van der Waals surface area contributed by atoms with E-state index in [1.165, 1.54) is 30.8 Å². The molecule has 0 aliphatic rings. The number of benzene rings is 3. The van der Waals surface area contributed by atoms with Gasteiger partial charge in [-0.1, -0.05) is 54.1 Å². The van der Waals surface area contributed by atoms with Crippen LogP contribution in [-0.4, -0.2) is 3.21 Å². The van der Waals surface area contributed by atoms with Crippen molar-refractivity contribution in [2.75, 3.05) is 0 Å². The van der Waals surface area contributed by atoms with E-state index in [9.17, 15) is 8.78 Å². The van der Waals surface area contributed by atoms with Crippen LogP contribution in [0.1, 0.15) is 13.8 Å². The number of halogens is 4. The minimum absolute atomic E-state index is 0.